The molecule has 0 aliphatic heterocycles. The molecule has 2 radical (unpaired) electrons. The van der Waals surface area contributed by atoms with Crippen LogP contribution in [0.4, 0.5) is 0 Å². The van der Waals surface area contributed by atoms with Gasteiger partial charge >= 0.3 is 0 Å². The van der Waals surface area contributed by atoms with Crippen LogP contribution in [0.15, 0.2) is 12.3 Å². The van der Waals surface area contributed by atoms with Crippen molar-refractivity contribution < 1.29 is 0 Å². The average Bonchev–Trinajstić information content (AvgIpc) is 2.34. The Morgan fingerprint density at radius 1 is 1.60 bits per heavy atom. The Morgan fingerprint density at radius 3 is 3.30 bits per heavy atom. The van der Waals surface area contributed by atoms with E-state index < -0.39 is 0 Å². The zero-order valence-corrected chi connectivity index (χ0v) is 5.50. The van der Waals surface area contributed by atoms with E-state index in [1.54, 1.807) is 16.8 Å². The van der Waals surface area contributed by atoms with E-state index in [1.165, 1.54) is 0 Å². The van der Waals surface area contributed by atoms with Gasteiger partial charge < -0.3 is 4.57 Å². The fourth-order valence-corrected chi connectivity index (χ4v) is 0.862. The van der Waals surface area contributed by atoms with Gasteiger partial charge in [-0.05, 0) is 6.07 Å². The van der Waals surface area contributed by atoms with Crippen LogP contribution in [0.3, 0.4) is 0 Å². The topological polar surface area (TPSA) is 30.7 Å². The molecule has 0 spiro atoms. The second-order valence-electron chi connectivity index (χ2n) is 2.05. The van der Waals surface area contributed by atoms with Crippen molar-refractivity contribution in [1.82, 2.24) is 14.5 Å². The third kappa shape index (κ3) is 0.603. The van der Waals surface area contributed by atoms with Crippen LogP contribution in [-0.4, -0.2) is 14.5 Å². The number of imidazole rings is 1. The molecule has 2 heterocycles. The second-order valence-corrected chi connectivity index (χ2v) is 2.05. The van der Waals surface area contributed by atoms with E-state index in [0.29, 0.717) is 0 Å². The first-order chi connectivity index (χ1) is 4.88. The Balaban J connectivity index is 2.93. The summed E-state index contributed by atoms with van der Waals surface area (Å²) < 4.78 is 1.75. The summed E-state index contributed by atoms with van der Waals surface area (Å²) in [5.74, 6) is 0. The van der Waals surface area contributed by atoms with Crippen LogP contribution in [0.2, 0.25) is 0 Å². The van der Waals surface area contributed by atoms with Crippen LogP contribution in [-0.2, 0) is 7.05 Å². The van der Waals surface area contributed by atoms with Crippen molar-refractivity contribution in [1.29, 1.82) is 0 Å². The summed E-state index contributed by atoms with van der Waals surface area (Å²) in [5.41, 5.74) is 1.68. The molecule has 0 aliphatic rings. The molecule has 0 fully saturated rings. The number of aromatic nitrogens is 3. The highest BCUT2D eigenvalue weighted by atomic mass is 15.1. The van der Waals surface area contributed by atoms with E-state index in [2.05, 4.69) is 22.4 Å². The zero-order valence-electron chi connectivity index (χ0n) is 5.50. The van der Waals surface area contributed by atoms with Crippen LogP contribution >= 0.6 is 0 Å². The minimum Gasteiger partial charge on any atom is -0.309 e. The first-order valence-electron chi connectivity index (χ1n) is 2.94. The number of fused-ring (bicyclic) bond motifs is 1. The fourth-order valence-electron chi connectivity index (χ4n) is 0.862. The summed E-state index contributed by atoms with van der Waals surface area (Å²) in [6.07, 6.45) is 4.38. The van der Waals surface area contributed by atoms with Crippen molar-refractivity contribution in [3.8, 4) is 0 Å². The molecule has 0 atom stereocenters. The molecule has 2 aromatic rings. The van der Waals surface area contributed by atoms with Gasteiger partial charge in [0.05, 0.1) is 0 Å². The first-order valence-corrected chi connectivity index (χ1v) is 2.94. The highest BCUT2D eigenvalue weighted by molar-refractivity contribution is 5.69. The average molecular weight is 131 g/mol. The lowest BCUT2D eigenvalue weighted by Crippen LogP contribution is -1.86. The van der Waals surface area contributed by atoms with Crippen molar-refractivity contribution >= 4 is 11.2 Å². The van der Waals surface area contributed by atoms with Crippen molar-refractivity contribution in [2.24, 2.45) is 7.05 Å². The molecule has 3 nitrogen and oxygen atoms in total. The molecule has 48 valence electrons. The fraction of sp³-hybridized carbons (Fsp3) is 0.143. The Morgan fingerprint density at radius 2 is 2.50 bits per heavy atom. The molecule has 0 aliphatic carbocycles. The molecule has 2 rings (SSSR count). The van der Waals surface area contributed by atoms with Gasteiger partial charge in [-0.25, -0.2) is 9.97 Å². The standard InChI is InChI=1S/C7H5N3/c1-10-5-9-6-3-2-4-8-7(6)10/h3-4H,1H3. The number of rotatable bonds is 0. The van der Waals surface area contributed by atoms with Gasteiger partial charge in [0.25, 0.3) is 0 Å². The van der Waals surface area contributed by atoms with E-state index in [9.17, 15) is 0 Å². The Labute approximate surface area is 58.3 Å². The largest absolute Gasteiger partial charge is 0.309 e. The predicted octanol–water partition coefficient (Wildman–Crippen LogP) is 0.569. The summed E-state index contributed by atoms with van der Waals surface area (Å²) in [4.78, 5) is 8.02. The molecular formula is C7H5N3. The highest BCUT2D eigenvalue weighted by Crippen LogP contribution is 2.04. The van der Waals surface area contributed by atoms with Crippen molar-refractivity contribution in [3.05, 3.63) is 24.7 Å². The molecule has 10 heavy (non-hydrogen) atoms. The molecule has 0 saturated carbocycles. The molecule has 0 N–H and O–H groups in total. The zero-order chi connectivity index (χ0) is 6.97. The number of hydrogen-bond acceptors (Lipinski definition) is 2. The summed E-state index contributed by atoms with van der Waals surface area (Å²) in [7, 11) is 1.86. The van der Waals surface area contributed by atoms with Gasteiger partial charge in [0, 0.05) is 19.3 Å². The van der Waals surface area contributed by atoms with E-state index in [1.807, 2.05) is 7.05 Å². The second kappa shape index (κ2) is 1.80. The number of nitrogens with zero attached hydrogens (tertiary/aromatic N) is 3. The Hall–Kier alpha value is -1.38. The lowest BCUT2D eigenvalue weighted by molar-refractivity contribution is 0.920. The van der Waals surface area contributed by atoms with Gasteiger partial charge in [-0.3, -0.25) is 0 Å². The minimum atomic E-state index is 0.838. The Bertz CT molecular complexity index is 350. The SMILES string of the molecule is Cn1[c]nc2c[c]cnc21. The normalized spacial score (nSPS) is 10.5. The quantitative estimate of drug-likeness (QED) is 0.523. The minimum absolute atomic E-state index is 0.838. The number of hydrogen-bond donors (Lipinski definition) is 0. The van der Waals surface area contributed by atoms with E-state index in [4.69, 9.17) is 0 Å². The molecule has 0 amide bonds. The van der Waals surface area contributed by atoms with Crippen molar-refractivity contribution in [2.75, 3.05) is 0 Å². The van der Waals surface area contributed by atoms with Gasteiger partial charge in [-0.15, -0.1) is 0 Å². The molecule has 0 saturated heterocycles. The number of pyridine rings is 1. The lowest BCUT2D eigenvalue weighted by atomic mass is 10.4. The lowest BCUT2D eigenvalue weighted by Gasteiger charge is -1.88. The molecule has 0 aromatic carbocycles. The van der Waals surface area contributed by atoms with Gasteiger partial charge in [0.15, 0.2) is 12.0 Å². The number of aryl methyl sites for hydroxylation is 1. The van der Waals surface area contributed by atoms with Crippen LogP contribution < -0.4 is 0 Å². The highest BCUT2D eigenvalue weighted by Gasteiger charge is 1.96. The van der Waals surface area contributed by atoms with Crippen molar-refractivity contribution in [3.63, 3.8) is 0 Å². The molecule has 3 heteroatoms. The summed E-state index contributed by atoms with van der Waals surface area (Å²) in [5, 5.41) is 0. The van der Waals surface area contributed by atoms with Crippen LogP contribution in [0.1, 0.15) is 0 Å². The van der Waals surface area contributed by atoms with Gasteiger partial charge in [0.1, 0.15) is 5.52 Å². The van der Waals surface area contributed by atoms with Gasteiger partial charge in [0.2, 0.25) is 0 Å². The third-order valence-corrected chi connectivity index (χ3v) is 1.35. The molecule has 0 bridgehead atoms. The molecule has 2 aromatic heterocycles. The van der Waals surface area contributed by atoms with Crippen LogP contribution in [0.25, 0.3) is 11.2 Å². The maximum Gasteiger partial charge on any atom is 0.178 e. The third-order valence-electron chi connectivity index (χ3n) is 1.35. The summed E-state index contributed by atoms with van der Waals surface area (Å²) in [6, 6.07) is 4.63. The Kier molecular flexibility index (Phi) is 0.974. The van der Waals surface area contributed by atoms with E-state index >= 15 is 0 Å². The van der Waals surface area contributed by atoms with Crippen LogP contribution in [0.5, 0.6) is 0 Å². The van der Waals surface area contributed by atoms with Gasteiger partial charge in [-0.1, -0.05) is 0 Å². The van der Waals surface area contributed by atoms with Crippen molar-refractivity contribution in [2.45, 2.75) is 0 Å². The maximum absolute atomic E-state index is 4.05. The predicted molar refractivity (Wildman–Crippen MR) is 36.2 cm³/mol. The first kappa shape index (κ1) is 5.41. The monoisotopic (exact) mass is 131 g/mol. The molecule has 0 unspecified atom stereocenters. The van der Waals surface area contributed by atoms with Gasteiger partial charge in [-0.2, -0.15) is 0 Å². The molecular weight excluding hydrogens is 126 g/mol. The van der Waals surface area contributed by atoms with Crippen LogP contribution in [0, 0.1) is 12.4 Å². The maximum atomic E-state index is 4.05. The summed E-state index contributed by atoms with van der Waals surface area (Å²) in [6.45, 7) is 0. The van der Waals surface area contributed by atoms with E-state index in [-0.39, 0.29) is 0 Å². The smallest absolute Gasteiger partial charge is 0.178 e. The summed E-state index contributed by atoms with van der Waals surface area (Å²) >= 11 is 0. The van der Waals surface area contributed by atoms with E-state index in [0.717, 1.165) is 11.2 Å².